The molecule has 0 aliphatic heterocycles. The minimum atomic E-state index is -0.181. The van der Waals surface area contributed by atoms with Crippen LogP contribution in [-0.4, -0.2) is 26.7 Å². The molecule has 0 saturated heterocycles. The summed E-state index contributed by atoms with van der Waals surface area (Å²) in [6, 6.07) is 6.98. The molecule has 0 aliphatic rings. The molecule has 0 radical (unpaired) electrons. The standard InChI is InChI=1S/C13H21FN2/c1-13(2,10-16-9-8-15-3)11-6-4-5-7-12(11)14/h4-7,15-16H,8-10H2,1-3H3. The van der Waals surface area contributed by atoms with E-state index in [4.69, 9.17) is 0 Å². The van der Waals surface area contributed by atoms with Crippen LogP contribution in [0.2, 0.25) is 0 Å². The quantitative estimate of drug-likeness (QED) is 0.721. The van der Waals surface area contributed by atoms with Crippen molar-refractivity contribution in [2.24, 2.45) is 0 Å². The molecule has 0 unspecified atom stereocenters. The van der Waals surface area contributed by atoms with E-state index in [-0.39, 0.29) is 11.2 Å². The van der Waals surface area contributed by atoms with Gasteiger partial charge >= 0.3 is 0 Å². The first-order valence-electron chi connectivity index (χ1n) is 5.68. The van der Waals surface area contributed by atoms with Crippen LogP contribution in [0.3, 0.4) is 0 Å². The molecule has 0 fully saturated rings. The van der Waals surface area contributed by atoms with Crippen molar-refractivity contribution >= 4 is 0 Å². The van der Waals surface area contributed by atoms with Crippen LogP contribution in [0.25, 0.3) is 0 Å². The number of halogens is 1. The largest absolute Gasteiger partial charge is 0.318 e. The van der Waals surface area contributed by atoms with Gasteiger partial charge in [0.05, 0.1) is 0 Å². The molecule has 1 aromatic carbocycles. The summed E-state index contributed by atoms with van der Waals surface area (Å²) in [5.74, 6) is -0.122. The minimum absolute atomic E-state index is 0.122. The van der Waals surface area contributed by atoms with Gasteiger partial charge in [0, 0.05) is 25.0 Å². The van der Waals surface area contributed by atoms with Crippen LogP contribution in [0.4, 0.5) is 4.39 Å². The van der Waals surface area contributed by atoms with Gasteiger partial charge in [-0.3, -0.25) is 0 Å². The fraction of sp³-hybridized carbons (Fsp3) is 0.538. The van der Waals surface area contributed by atoms with Crippen molar-refractivity contribution in [3.05, 3.63) is 35.6 Å². The Morgan fingerprint density at radius 2 is 1.88 bits per heavy atom. The van der Waals surface area contributed by atoms with Crippen LogP contribution in [0.15, 0.2) is 24.3 Å². The van der Waals surface area contributed by atoms with Gasteiger partial charge in [0.15, 0.2) is 0 Å². The molecule has 0 amide bonds. The van der Waals surface area contributed by atoms with E-state index < -0.39 is 0 Å². The molecule has 2 nitrogen and oxygen atoms in total. The number of hydrogen-bond acceptors (Lipinski definition) is 2. The normalized spacial score (nSPS) is 11.8. The van der Waals surface area contributed by atoms with Crippen molar-refractivity contribution in [2.75, 3.05) is 26.7 Å². The molecule has 0 aromatic heterocycles. The van der Waals surface area contributed by atoms with Gasteiger partial charge in [0.1, 0.15) is 5.82 Å². The predicted octanol–water partition coefficient (Wildman–Crippen LogP) is 1.91. The molecule has 2 N–H and O–H groups in total. The Labute approximate surface area is 97.3 Å². The molecule has 3 heteroatoms. The van der Waals surface area contributed by atoms with Gasteiger partial charge < -0.3 is 10.6 Å². The van der Waals surface area contributed by atoms with Crippen molar-refractivity contribution in [1.82, 2.24) is 10.6 Å². The zero-order chi connectivity index (χ0) is 12.0. The Morgan fingerprint density at radius 3 is 2.50 bits per heavy atom. The van der Waals surface area contributed by atoms with Crippen LogP contribution in [0, 0.1) is 5.82 Å². The lowest BCUT2D eigenvalue weighted by molar-refractivity contribution is 0.444. The third-order valence-electron chi connectivity index (χ3n) is 2.72. The molecule has 0 bridgehead atoms. The van der Waals surface area contributed by atoms with E-state index in [0.717, 1.165) is 25.2 Å². The van der Waals surface area contributed by atoms with Crippen molar-refractivity contribution in [1.29, 1.82) is 0 Å². The van der Waals surface area contributed by atoms with E-state index in [1.54, 1.807) is 6.07 Å². The summed E-state index contributed by atoms with van der Waals surface area (Å²) in [6.45, 7) is 6.70. The molecule has 0 saturated carbocycles. The molecule has 90 valence electrons. The third-order valence-corrected chi connectivity index (χ3v) is 2.72. The molecule has 0 atom stereocenters. The van der Waals surface area contributed by atoms with Gasteiger partial charge in [-0.25, -0.2) is 4.39 Å². The van der Waals surface area contributed by atoms with Crippen molar-refractivity contribution in [2.45, 2.75) is 19.3 Å². The first-order valence-corrected chi connectivity index (χ1v) is 5.68. The van der Waals surface area contributed by atoms with Gasteiger partial charge in [0.2, 0.25) is 0 Å². The molecular weight excluding hydrogens is 203 g/mol. The lowest BCUT2D eigenvalue weighted by atomic mass is 9.84. The number of rotatable bonds is 6. The topological polar surface area (TPSA) is 24.1 Å². The highest BCUT2D eigenvalue weighted by molar-refractivity contribution is 5.25. The number of benzene rings is 1. The highest BCUT2D eigenvalue weighted by atomic mass is 19.1. The first-order chi connectivity index (χ1) is 7.58. The fourth-order valence-electron chi connectivity index (χ4n) is 1.72. The average Bonchev–Trinajstić information content (AvgIpc) is 2.25. The second-order valence-corrected chi connectivity index (χ2v) is 4.64. The lowest BCUT2D eigenvalue weighted by Gasteiger charge is -2.26. The molecule has 0 aliphatic carbocycles. The van der Waals surface area contributed by atoms with Gasteiger partial charge in [-0.2, -0.15) is 0 Å². The van der Waals surface area contributed by atoms with Crippen LogP contribution in [-0.2, 0) is 5.41 Å². The van der Waals surface area contributed by atoms with E-state index in [1.165, 1.54) is 6.07 Å². The lowest BCUT2D eigenvalue weighted by Crippen LogP contribution is -2.36. The fourth-order valence-corrected chi connectivity index (χ4v) is 1.72. The summed E-state index contributed by atoms with van der Waals surface area (Å²) >= 11 is 0. The van der Waals surface area contributed by atoms with E-state index in [1.807, 2.05) is 19.2 Å². The van der Waals surface area contributed by atoms with E-state index >= 15 is 0 Å². The Morgan fingerprint density at radius 1 is 1.19 bits per heavy atom. The van der Waals surface area contributed by atoms with Crippen molar-refractivity contribution < 1.29 is 4.39 Å². The SMILES string of the molecule is CNCCNCC(C)(C)c1ccccc1F. The second kappa shape index (κ2) is 5.97. The Bertz CT molecular complexity index is 323. The highest BCUT2D eigenvalue weighted by Crippen LogP contribution is 2.24. The van der Waals surface area contributed by atoms with Crippen molar-refractivity contribution in [3.63, 3.8) is 0 Å². The van der Waals surface area contributed by atoms with E-state index in [0.29, 0.717) is 0 Å². The minimum Gasteiger partial charge on any atom is -0.318 e. The van der Waals surface area contributed by atoms with Crippen LogP contribution < -0.4 is 10.6 Å². The second-order valence-electron chi connectivity index (χ2n) is 4.64. The van der Waals surface area contributed by atoms with Gasteiger partial charge in [-0.15, -0.1) is 0 Å². The number of nitrogens with one attached hydrogen (secondary N) is 2. The number of hydrogen-bond donors (Lipinski definition) is 2. The smallest absolute Gasteiger partial charge is 0.126 e. The zero-order valence-electron chi connectivity index (χ0n) is 10.3. The summed E-state index contributed by atoms with van der Waals surface area (Å²) in [5.41, 5.74) is 0.589. The Balaban J connectivity index is 2.59. The summed E-state index contributed by atoms with van der Waals surface area (Å²) in [5, 5.41) is 6.39. The van der Waals surface area contributed by atoms with Gasteiger partial charge in [-0.05, 0) is 18.7 Å². The van der Waals surface area contributed by atoms with Gasteiger partial charge in [0.25, 0.3) is 0 Å². The summed E-state index contributed by atoms with van der Waals surface area (Å²) < 4.78 is 13.6. The predicted molar refractivity (Wildman–Crippen MR) is 66.2 cm³/mol. The van der Waals surface area contributed by atoms with E-state index in [9.17, 15) is 4.39 Å². The molecule has 16 heavy (non-hydrogen) atoms. The molecule has 1 rings (SSSR count). The molecular formula is C13H21FN2. The maximum atomic E-state index is 13.6. The Kier molecular flexibility index (Phi) is 4.90. The maximum Gasteiger partial charge on any atom is 0.126 e. The molecule has 1 aromatic rings. The molecule has 0 spiro atoms. The van der Waals surface area contributed by atoms with Crippen LogP contribution >= 0.6 is 0 Å². The monoisotopic (exact) mass is 224 g/mol. The van der Waals surface area contributed by atoms with Gasteiger partial charge in [-0.1, -0.05) is 32.0 Å². The average molecular weight is 224 g/mol. The van der Waals surface area contributed by atoms with Crippen molar-refractivity contribution in [3.8, 4) is 0 Å². The summed E-state index contributed by atoms with van der Waals surface area (Å²) in [4.78, 5) is 0. The Hall–Kier alpha value is -0.930. The van der Waals surface area contributed by atoms with E-state index in [2.05, 4.69) is 24.5 Å². The van der Waals surface area contributed by atoms with Crippen LogP contribution in [0.1, 0.15) is 19.4 Å². The van der Waals surface area contributed by atoms with Crippen LogP contribution in [0.5, 0.6) is 0 Å². The summed E-state index contributed by atoms with van der Waals surface area (Å²) in [6.07, 6.45) is 0. The zero-order valence-corrected chi connectivity index (χ0v) is 10.3. The number of likely N-dealkylation sites (N-methyl/N-ethyl adjacent to an activating group) is 1. The maximum absolute atomic E-state index is 13.6. The summed E-state index contributed by atoms with van der Waals surface area (Å²) in [7, 11) is 1.92. The third kappa shape index (κ3) is 3.58. The molecule has 0 heterocycles. The highest BCUT2D eigenvalue weighted by Gasteiger charge is 2.22. The first kappa shape index (κ1) is 13.1.